The lowest BCUT2D eigenvalue weighted by Crippen LogP contribution is -2.31. The van der Waals surface area contributed by atoms with Gasteiger partial charge in [0.15, 0.2) is 4.90 Å². The second-order valence-corrected chi connectivity index (χ2v) is 6.78. The number of sulfonamides is 1. The summed E-state index contributed by atoms with van der Waals surface area (Å²) in [7, 11) is -3.90. The van der Waals surface area contributed by atoms with Crippen molar-refractivity contribution in [1.29, 1.82) is 0 Å². The Bertz CT molecular complexity index is 614. The molecule has 0 bridgehead atoms. The summed E-state index contributed by atoms with van der Waals surface area (Å²) >= 11 is 0. The van der Waals surface area contributed by atoms with E-state index in [-0.39, 0.29) is 23.9 Å². The van der Waals surface area contributed by atoms with Gasteiger partial charge in [0.25, 0.3) is 5.69 Å². The lowest BCUT2D eigenvalue weighted by molar-refractivity contribution is -0.387. The second kappa shape index (κ2) is 5.47. The van der Waals surface area contributed by atoms with Gasteiger partial charge >= 0.3 is 0 Å². The minimum absolute atomic E-state index is 0.132. The van der Waals surface area contributed by atoms with Crippen LogP contribution in [-0.2, 0) is 10.0 Å². The van der Waals surface area contributed by atoms with Gasteiger partial charge in [0, 0.05) is 19.2 Å². The maximum Gasteiger partial charge on any atom is 0.289 e. The standard InChI is InChI=1S/C12H16N2O5S/c1-9(15)10-6-7-13(8-10)20(18,19)12-5-3-2-4-11(12)14(16)17/h2-5,9-10,15H,6-8H2,1H3. The van der Waals surface area contributed by atoms with Crippen LogP contribution in [0.1, 0.15) is 13.3 Å². The molecular weight excluding hydrogens is 284 g/mol. The Morgan fingerprint density at radius 3 is 2.65 bits per heavy atom. The fourth-order valence-electron chi connectivity index (χ4n) is 2.33. The number of para-hydroxylation sites is 1. The van der Waals surface area contributed by atoms with Crippen molar-refractivity contribution in [3.63, 3.8) is 0 Å². The van der Waals surface area contributed by atoms with Crippen LogP contribution in [0.2, 0.25) is 0 Å². The highest BCUT2D eigenvalue weighted by atomic mass is 32.2. The summed E-state index contributed by atoms with van der Waals surface area (Å²) in [6.45, 7) is 2.07. The number of hydrogen-bond acceptors (Lipinski definition) is 5. The normalized spacial score (nSPS) is 21.8. The average Bonchev–Trinajstić information content (AvgIpc) is 2.89. The Morgan fingerprint density at radius 1 is 1.45 bits per heavy atom. The van der Waals surface area contributed by atoms with Gasteiger partial charge in [0.1, 0.15) is 0 Å². The first-order valence-corrected chi connectivity index (χ1v) is 7.69. The van der Waals surface area contributed by atoms with Crippen LogP contribution in [0.4, 0.5) is 5.69 Å². The van der Waals surface area contributed by atoms with E-state index in [1.165, 1.54) is 28.6 Å². The monoisotopic (exact) mass is 300 g/mol. The van der Waals surface area contributed by atoms with Crippen LogP contribution >= 0.6 is 0 Å². The third-order valence-electron chi connectivity index (χ3n) is 3.55. The highest BCUT2D eigenvalue weighted by molar-refractivity contribution is 7.89. The molecule has 0 saturated carbocycles. The molecule has 7 nitrogen and oxygen atoms in total. The highest BCUT2D eigenvalue weighted by Gasteiger charge is 2.37. The van der Waals surface area contributed by atoms with Crippen molar-refractivity contribution in [3.8, 4) is 0 Å². The number of hydrogen-bond donors (Lipinski definition) is 1. The number of aliphatic hydroxyl groups excluding tert-OH is 1. The lowest BCUT2D eigenvalue weighted by atomic mass is 10.0. The van der Waals surface area contributed by atoms with E-state index in [2.05, 4.69) is 0 Å². The summed E-state index contributed by atoms with van der Waals surface area (Å²) < 4.78 is 26.1. The van der Waals surface area contributed by atoms with Crippen LogP contribution in [0.5, 0.6) is 0 Å². The number of aliphatic hydroxyl groups is 1. The molecule has 1 fully saturated rings. The summed E-state index contributed by atoms with van der Waals surface area (Å²) in [5, 5.41) is 20.5. The van der Waals surface area contributed by atoms with E-state index in [1.807, 2.05) is 0 Å². The molecule has 2 unspecified atom stereocenters. The summed E-state index contributed by atoms with van der Waals surface area (Å²) in [6, 6.07) is 5.31. The molecule has 1 saturated heterocycles. The van der Waals surface area contributed by atoms with Crippen LogP contribution in [0.15, 0.2) is 29.2 Å². The molecular formula is C12H16N2O5S. The van der Waals surface area contributed by atoms with Crippen LogP contribution in [0.25, 0.3) is 0 Å². The van der Waals surface area contributed by atoms with Gasteiger partial charge in [0.2, 0.25) is 10.0 Å². The maximum absolute atomic E-state index is 12.5. The van der Waals surface area contributed by atoms with Gasteiger partial charge in [-0.3, -0.25) is 10.1 Å². The van der Waals surface area contributed by atoms with Gasteiger partial charge in [-0.25, -0.2) is 8.42 Å². The van der Waals surface area contributed by atoms with Crippen molar-refractivity contribution >= 4 is 15.7 Å². The van der Waals surface area contributed by atoms with Crippen molar-refractivity contribution in [2.24, 2.45) is 5.92 Å². The van der Waals surface area contributed by atoms with Gasteiger partial charge in [-0.2, -0.15) is 4.31 Å². The number of nitro benzene ring substituents is 1. The molecule has 1 aliphatic rings. The first-order valence-electron chi connectivity index (χ1n) is 6.25. The van der Waals surface area contributed by atoms with Gasteiger partial charge in [0.05, 0.1) is 11.0 Å². The quantitative estimate of drug-likeness (QED) is 0.660. The van der Waals surface area contributed by atoms with E-state index < -0.39 is 26.7 Å². The largest absolute Gasteiger partial charge is 0.393 e. The van der Waals surface area contributed by atoms with Crippen LogP contribution in [0, 0.1) is 16.0 Å². The van der Waals surface area contributed by atoms with Gasteiger partial charge in [-0.05, 0) is 25.3 Å². The third kappa shape index (κ3) is 2.67. The number of nitro groups is 1. The Kier molecular flexibility index (Phi) is 4.07. The van der Waals surface area contributed by atoms with Crippen LogP contribution < -0.4 is 0 Å². The summed E-state index contributed by atoms with van der Waals surface area (Å²) in [6.07, 6.45) is -0.0432. The molecule has 1 aromatic carbocycles. The molecule has 1 heterocycles. The summed E-state index contributed by atoms with van der Waals surface area (Å²) in [5.41, 5.74) is -0.423. The van der Waals surface area contributed by atoms with E-state index in [9.17, 15) is 23.6 Å². The first kappa shape index (κ1) is 14.9. The van der Waals surface area contributed by atoms with Gasteiger partial charge < -0.3 is 5.11 Å². The molecule has 110 valence electrons. The fraction of sp³-hybridized carbons (Fsp3) is 0.500. The molecule has 0 amide bonds. The number of benzene rings is 1. The molecule has 1 N–H and O–H groups in total. The molecule has 8 heteroatoms. The zero-order valence-corrected chi connectivity index (χ0v) is 11.8. The predicted molar refractivity (Wildman–Crippen MR) is 71.6 cm³/mol. The average molecular weight is 300 g/mol. The van der Waals surface area contributed by atoms with Gasteiger partial charge in [-0.15, -0.1) is 0 Å². The molecule has 0 aromatic heterocycles. The maximum atomic E-state index is 12.5. The van der Waals surface area contributed by atoms with Crippen molar-refractivity contribution in [2.75, 3.05) is 13.1 Å². The minimum atomic E-state index is -3.90. The predicted octanol–water partition coefficient (Wildman–Crippen LogP) is 0.986. The summed E-state index contributed by atoms with van der Waals surface area (Å²) in [4.78, 5) is 9.94. The topological polar surface area (TPSA) is 101 Å². The van der Waals surface area contributed by atoms with E-state index >= 15 is 0 Å². The van der Waals surface area contributed by atoms with E-state index in [1.54, 1.807) is 6.92 Å². The van der Waals surface area contributed by atoms with E-state index in [4.69, 9.17) is 0 Å². The van der Waals surface area contributed by atoms with Crippen molar-refractivity contribution < 1.29 is 18.4 Å². The van der Waals surface area contributed by atoms with Crippen molar-refractivity contribution in [3.05, 3.63) is 34.4 Å². The minimum Gasteiger partial charge on any atom is -0.393 e. The van der Waals surface area contributed by atoms with Gasteiger partial charge in [-0.1, -0.05) is 12.1 Å². The molecule has 20 heavy (non-hydrogen) atoms. The smallest absolute Gasteiger partial charge is 0.289 e. The number of nitrogens with zero attached hydrogens (tertiary/aromatic N) is 2. The van der Waals surface area contributed by atoms with Crippen molar-refractivity contribution in [1.82, 2.24) is 4.31 Å². The number of rotatable bonds is 4. The Labute approximate surface area is 117 Å². The molecule has 0 spiro atoms. The lowest BCUT2D eigenvalue weighted by Gasteiger charge is -2.17. The molecule has 2 atom stereocenters. The van der Waals surface area contributed by atoms with E-state index in [0.717, 1.165) is 0 Å². The Balaban J connectivity index is 2.35. The Morgan fingerprint density at radius 2 is 2.10 bits per heavy atom. The molecule has 2 rings (SSSR count). The third-order valence-corrected chi connectivity index (χ3v) is 5.46. The molecule has 1 aliphatic heterocycles. The molecule has 0 radical (unpaired) electrons. The van der Waals surface area contributed by atoms with Crippen LogP contribution in [-0.4, -0.2) is 41.9 Å². The Hall–Kier alpha value is -1.51. The molecule has 1 aromatic rings. The molecule has 0 aliphatic carbocycles. The van der Waals surface area contributed by atoms with Crippen LogP contribution in [0.3, 0.4) is 0 Å². The SMILES string of the molecule is CC(O)C1CCN(S(=O)(=O)c2ccccc2[N+](=O)[O-])C1. The first-order chi connectivity index (χ1) is 9.34. The fourth-order valence-corrected chi connectivity index (χ4v) is 4.00. The highest BCUT2D eigenvalue weighted by Crippen LogP contribution is 2.30. The second-order valence-electron chi connectivity index (χ2n) is 4.88. The zero-order valence-electron chi connectivity index (χ0n) is 11.0. The summed E-state index contributed by atoms with van der Waals surface area (Å²) in [5.74, 6) is -0.132. The zero-order chi connectivity index (χ0) is 14.9. The van der Waals surface area contributed by atoms with Crippen molar-refractivity contribution in [2.45, 2.75) is 24.3 Å². The van der Waals surface area contributed by atoms with E-state index in [0.29, 0.717) is 6.42 Å².